The first-order valence-corrected chi connectivity index (χ1v) is 4.86. The van der Waals surface area contributed by atoms with Crippen LogP contribution in [0, 0.1) is 0 Å². The van der Waals surface area contributed by atoms with Crippen molar-refractivity contribution in [2.45, 2.75) is 12.0 Å². The number of aromatic nitrogens is 2. The highest BCUT2D eigenvalue weighted by molar-refractivity contribution is 5.82. The van der Waals surface area contributed by atoms with Gasteiger partial charge in [-0.3, -0.25) is 9.48 Å². The molecule has 1 aromatic heterocycles. The second-order valence-electron chi connectivity index (χ2n) is 3.66. The summed E-state index contributed by atoms with van der Waals surface area (Å²) in [5.74, 6) is -4.09. The van der Waals surface area contributed by atoms with Crippen molar-refractivity contribution in [1.82, 2.24) is 15.1 Å². The Labute approximate surface area is 96.4 Å². The molecule has 0 fully saturated rings. The number of aliphatic hydroxyl groups is 1. The van der Waals surface area contributed by atoms with E-state index in [9.17, 15) is 13.6 Å². The van der Waals surface area contributed by atoms with Gasteiger partial charge in [0.1, 0.15) is 12.6 Å². The zero-order valence-corrected chi connectivity index (χ0v) is 9.23. The first-order chi connectivity index (χ1) is 7.85. The third kappa shape index (κ3) is 3.75. The third-order valence-electron chi connectivity index (χ3n) is 2.12. The number of aliphatic hydroxyl groups excluding tert-OH is 1. The van der Waals surface area contributed by atoms with Crippen LogP contribution >= 0.6 is 0 Å². The molecule has 0 aromatic carbocycles. The van der Waals surface area contributed by atoms with Crippen molar-refractivity contribution in [1.29, 1.82) is 0 Å². The van der Waals surface area contributed by atoms with E-state index >= 15 is 0 Å². The number of carbonyl (C=O) groups is 1. The van der Waals surface area contributed by atoms with Crippen LogP contribution in [-0.2, 0) is 11.8 Å². The van der Waals surface area contributed by atoms with Crippen LogP contribution in [-0.4, -0.2) is 39.9 Å². The van der Waals surface area contributed by atoms with E-state index in [1.54, 1.807) is 7.05 Å². The van der Waals surface area contributed by atoms with Crippen LogP contribution in [0.4, 0.5) is 8.78 Å². The molecule has 1 aromatic rings. The fraction of sp³-hybridized carbons (Fsp3) is 0.556. The maximum atomic E-state index is 12.7. The first kappa shape index (κ1) is 13.5. The van der Waals surface area contributed by atoms with E-state index in [-0.39, 0.29) is 0 Å². The monoisotopic (exact) mass is 248 g/mol. The fourth-order valence-electron chi connectivity index (χ4n) is 1.13. The SMILES string of the molecule is Cn1cc(C(N)C(=O)NCC(F)(F)CO)cn1. The smallest absolute Gasteiger partial charge is 0.287 e. The van der Waals surface area contributed by atoms with Gasteiger partial charge in [0.15, 0.2) is 0 Å². The maximum absolute atomic E-state index is 12.7. The normalized spacial score (nSPS) is 13.5. The molecule has 0 aliphatic heterocycles. The molecule has 4 N–H and O–H groups in total. The second-order valence-corrected chi connectivity index (χ2v) is 3.66. The number of carbonyl (C=O) groups excluding carboxylic acids is 1. The molecule has 0 aliphatic rings. The van der Waals surface area contributed by atoms with E-state index in [0.29, 0.717) is 5.56 Å². The third-order valence-corrected chi connectivity index (χ3v) is 2.12. The quantitative estimate of drug-likeness (QED) is 0.633. The van der Waals surface area contributed by atoms with E-state index in [0.717, 1.165) is 0 Å². The molecule has 1 rings (SSSR count). The molecule has 96 valence electrons. The topological polar surface area (TPSA) is 93.2 Å². The van der Waals surface area contributed by atoms with Crippen molar-refractivity contribution in [2.24, 2.45) is 12.8 Å². The van der Waals surface area contributed by atoms with Gasteiger partial charge in [0.2, 0.25) is 5.91 Å². The largest absolute Gasteiger partial charge is 0.390 e. The molecule has 0 spiro atoms. The first-order valence-electron chi connectivity index (χ1n) is 4.86. The standard InChI is InChI=1S/C9H14F2N4O2/c1-15-3-6(2-14-15)7(12)8(17)13-4-9(10,11)5-16/h2-3,7,16H,4-5,12H2,1H3,(H,13,17). The number of halogens is 2. The predicted molar refractivity (Wildman–Crippen MR) is 55.2 cm³/mol. The van der Waals surface area contributed by atoms with Gasteiger partial charge in [-0.1, -0.05) is 0 Å². The van der Waals surface area contributed by atoms with Crippen LogP contribution in [0.15, 0.2) is 12.4 Å². The molecule has 17 heavy (non-hydrogen) atoms. The molecule has 0 aliphatic carbocycles. The Morgan fingerprint density at radius 1 is 1.76 bits per heavy atom. The van der Waals surface area contributed by atoms with Gasteiger partial charge in [0.25, 0.3) is 5.92 Å². The molecule has 0 saturated carbocycles. The minimum Gasteiger partial charge on any atom is -0.390 e. The van der Waals surface area contributed by atoms with Gasteiger partial charge < -0.3 is 16.2 Å². The summed E-state index contributed by atoms with van der Waals surface area (Å²) in [5, 5.41) is 14.1. The molecular formula is C9H14F2N4O2. The number of nitrogens with zero attached hydrogens (tertiary/aromatic N) is 2. The Kier molecular flexibility index (Phi) is 4.13. The number of rotatable bonds is 5. The Morgan fingerprint density at radius 2 is 2.41 bits per heavy atom. The molecule has 1 atom stereocenters. The number of aryl methyl sites for hydroxylation is 1. The highest BCUT2D eigenvalue weighted by Crippen LogP contribution is 2.12. The summed E-state index contributed by atoms with van der Waals surface area (Å²) in [4.78, 5) is 11.4. The van der Waals surface area contributed by atoms with E-state index in [1.807, 2.05) is 5.32 Å². The van der Waals surface area contributed by atoms with Crippen LogP contribution in [0.2, 0.25) is 0 Å². The van der Waals surface area contributed by atoms with Crippen molar-refractivity contribution in [3.05, 3.63) is 18.0 Å². The molecule has 1 heterocycles. The minimum atomic E-state index is -3.34. The summed E-state index contributed by atoms with van der Waals surface area (Å²) in [6, 6.07) is -1.06. The predicted octanol–water partition coefficient (Wildman–Crippen LogP) is -0.836. The summed E-state index contributed by atoms with van der Waals surface area (Å²) in [6.45, 7) is -2.27. The zero-order chi connectivity index (χ0) is 13.1. The van der Waals surface area contributed by atoms with Gasteiger partial charge in [-0.15, -0.1) is 0 Å². The number of hydrogen-bond acceptors (Lipinski definition) is 4. The Balaban J connectivity index is 2.54. The van der Waals surface area contributed by atoms with E-state index in [2.05, 4.69) is 5.10 Å². The lowest BCUT2D eigenvalue weighted by molar-refractivity contribution is -0.125. The molecule has 8 heteroatoms. The zero-order valence-electron chi connectivity index (χ0n) is 9.23. The highest BCUT2D eigenvalue weighted by Gasteiger charge is 2.29. The van der Waals surface area contributed by atoms with Gasteiger partial charge in [0.05, 0.1) is 12.7 Å². The van der Waals surface area contributed by atoms with Gasteiger partial charge in [-0.05, 0) is 0 Å². The number of alkyl halides is 2. The van der Waals surface area contributed by atoms with Crippen molar-refractivity contribution in [3.63, 3.8) is 0 Å². The average Bonchev–Trinajstić information content (AvgIpc) is 2.72. The van der Waals surface area contributed by atoms with Crippen LogP contribution < -0.4 is 11.1 Å². The van der Waals surface area contributed by atoms with Gasteiger partial charge in [0, 0.05) is 18.8 Å². The van der Waals surface area contributed by atoms with Gasteiger partial charge >= 0.3 is 0 Å². The van der Waals surface area contributed by atoms with Gasteiger partial charge in [-0.25, -0.2) is 8.78 Å². The number of nitrogens with two attached hydrogens (primary N) is 1. The van der Waals surface area contributed by atoms with Crippen molar-refractivity contribution in [3.8, 4) is 0 Å². The maximum Gasteiger partial charge on any atom is 0.287 e. The molecule has 1 unspecified atom stereocenters. The lowest BCUT2D eigenvalue weighted by Crippen LogP contribution is -2.42. The van der Waals surface area contributed by atoms with E-state index in [4.69, 9.17) is 10.8 Å². The summed E-state index contributed by atoms with van der Waals surface area (Å²) in [6.07, 6.45) is 2.91. The molecule has 0 radical (unpaired) electrons. The summed E-state index contributed by atoms with van der Waals surface area (Å²) in [7, 11) is 1.65. The molecular weight excluding hydrogens is 234 g/mol. The Morgan fingerprint density at radius 3 is 2.88 bits per heavy atom. The van der Waals surface area contributed by atoms with Crippen LogP contribution in [0.1, 0.15) is 11.6 Å². The summed E-state index contributed by atoms with van der Waals surface area (Å²) >= 11 is 0. The van der Waals surface area contributed by atoms with Crippen LogP contribution in [0.25, 0.3) is 0 Å². The van der Waals surface area contributed by atoms with E-state index in [1.165, 1.54) is 17.1 Å². The van der Waals surface area contributed by atoms with Gasteiger partial charge in [-0.2, -0.15) is 5.10 Å². The summed E-state index contributed by atoms with van der Waals surface area (Å²) < 4.78 is 26.8. The van der Waals surface area contributed by atoms with E-state index < -0.39 is 31.0 Å². The molecule has 1 amide bonds. The van der Waals surface area contributed by atoms with Crippen molar-refractivity contribution in [2.75, 3.05) is 13.2 Å². The number of amides is 1. The highest BCUT2D eigenvalue weighted by atomic mass is 19.3. The number of nitrogens with one attached hydrogen (secondary N) is 1. The van der Waals surface area contributed by atoms with Crippen molar-refractivity contribution >= 4 is 5.91 Å². The average molecular weight is 248 g/mol. The van der Waals surface area contributed by atoms with Crippen molar-refractivity contribution < 1.29 is 18.7 Å². The summed E-state index contributed by atoms with van der Waals surface area (Å²) in [5.41, 5.74) is 5.98. The van der Waals surface area contributed by atoms with Crippen LogP contribution in [0.3, 0.4) is 0 Å². The van der Waals surface area contributed by atoms with Crippen LogP contribution in [0.5, 0.6) is 0 Å². The minimum absolute atomic E-state index is 0.428. The molecule has 6 nitrogen and oxygen atoms in total. The Bertz CT molecular complexity index is 394. The lowest BCUT2D eigenvalue weighted by Gasteiger charge is -2.16. The Hall–Kier alpha value is -1.54. The number of hydrogen-bond donors (Lipinski definition) is 3. The fourth-order valence-corrected chi connectivity index (χ4v) is 1.13. The second kappa shape index (κ2) is 5.19. The molecule has 0 bridgehead atoms. The molecule has 0 saturated heterocycles. The lowest BCUT2D eigenvalue weighted by atomic mass is 10.1.